The Morgan fingerprint density at radius 2 is 1.69 bits per heavy atom. The number of carbonyl (C=O) groups excluding carboxylic acids is 1. The lowest BCUT2D eigenvalue weighted by molar-refractivity contribution is -0.122. The van der Waals surface area contributed by atoms with Crippen molar-refractivity contribution in [3.05, 3.63) is 53.6 Å². The third-order valence-electron chi connectivity index (χ3n) is 3.83. The molecule has 0 fully saturated rings. The topological polar surface area (TPSA) is 47.6 Å². The van der Waals surface area contributed by atoms with Gasteiger partial charge in [0.05, 0.1) is 5.69 Å². The molecule has 0 spiro atoms. The Morgan fingerprint density at radius 1 is 1.00 bits per heavy atom. The van der Waals surface area contributed by atoms with Crippen LogP contribution in [0.2, 0.25) is 0 Å². The Morgan fingerprint density at radius 3 is 2.35 bits per heavy atom. The first kappa shape index (κ1) is 19.7. The van der Waals surface area contributed by atoms with Gasteiger partial charge in [0, 0.05) is 0 Å². The van der Waals surface area contributed by atoms with E-state index in [4.69, 9.17) is 4.74 Å². The molecule has 2 aromatic rings. The molecule has 0 aliphatic carbocycles. The SMILES string of the molecule is Cc1ccc(C(C)C)c(OC(C)C(=O)Nc2ccccc2OC(F)F)c1. The van der Waals surface area contributed by atoms with Crippen LogP contribution in [0.1, 0.15) is 37.8 Å². The van der Waals surface area contributed by atoms with Crippen LogP contribution in [0.4, 0.5) is 14.5 Å². The van der Waals surface area contributed by atoms with Crippen LogP contribution < -0.4 is 14.8 Å². The van der Waals surface area contributed by atoms with Crippen molar-refractivity contribution in [2.24, 2.45) is 0 Å². The number of ether oxygens (including phenoxy) is 2. The van der Waals surface area contributed by atoms with Crippen molar-refractivity contribution in [2.75, 3.05) is 5.32 Å². The molecule has 0 heterocycles. The molecule has 1 atom stereocenters. The monoisotopic (exact) mass is 363 g/mol. The average molecular weight is 363 g/mol. The maximum absolute atomic E-state index is 12.5. The first-order chi connectivity index (χ1) is 12.3. The summed E-state index contributed by atoms with van der Waals surface area (Å²) in [4.78, 5) is 12.4. The van der Waals surface area contributed by atoms with Gasteiger partial charge in [0.1, 0.15) is 11.5 Å². The van der Waals surface area contributed by atoms with E-state index < -0.39 is 18.6 Å². The Labute approximate surface area is 152 Å². The van der Waals surface area contributed by atoms with E-state index in [1.165, 1.54) is 12.1 Å². The predicted molar refractivity (Wildman–Crippen MR) is 97.1 cm³/mol. The van der Waals surface area contributed by atoms with Gasteiger partial charge in [-0.1, -0.05) is 38.1 Å². The second-order valence-electron chi connectivity index (χ2n) is 6.32. The fourth-order valence-corrected chi connectivity index (χ4v) is 2.47. The minimum absolute atomic E-state index is 0.0959. The predicted octanol–water partition coefficient (Wildman–Crippen LogP) is 5.13. The highest BCUT2D eigenvalue weighted by Crippen LogP contribution is 2.29. The molecular weight excluding hydrogens is 340 g/mol. The van der Waals surface area contributed by atoms with Gasteiger partial charge in [-0.05, 0) is 49.1 Å². The summed E-state index contributed by atoms with van der Waals surface area (Å²) in [5.74, 6) is 0.328. The molecule has 0 aromatic heterocycles. The molecule has 2 rings (SSSR count). The number of benzene rings is 2. The highest BCUT2D eigenvalue weighted by molar-refractivity contribution is 5.95. The summed E-state index contributed by atoms with van der Waals surface area (Å²) < 4.78 is 35.2. The van der Waals surface area contributed by atoms with E-state index in [1.807, 2.05) is 39.0 Å². The van der Waals surface area contributed by atoms with Crippen LogP contribution in [0.15, 0.2) is 42.5 Å². The lowest BCUT2D eigenvalue weighted by Gasteiger charge is -2.20. The molecule has 0 saturated carbocycles. The first-order valence-corrected chi connectivity index (χ1v) is 8.39. The van der Waals surface area contributed by atoms with Crippen LogP contribution in [-0.2, 0) is 4.79 Å². The van der Waals surface area contributed by atoms with Crippen LogP contribution in [0.3, 0.4) is 0 Å². The first-order valence-electron chi connectivity index (χ1n) is 8.39. The lowest BCUT2D eigenvalue weighted by Crippen LogP contribution is -2.30. The number of amides is 1. The summed E-state index contributed by atoms with van der Waals surface area (Å²) >= 11 is 0. The van der Waals surface area contributed by atoms with Crippen molar-refractivity contribution in [3.8, 4) is 11.5 Å². The number of hydrogen-bond donors (Lipinski definition) is 1. The molecule has 2 aromatic carbocycles. The fraction of sp³-hybridized carbons (Fsp3) is 0.350. The Hall–Kier alpha value is -2.63. The molecule has 0 saturated heterocycles. The van der Waals surface area contributed by atoms with Crippen molar-refractivity contribution < 1.29 is 23.0 Å². The minimum Gasteiger partial charge on any atom is -0.481 e. The molecule has 1 amide bonds. The van der Waals surface area contributed by atoms with Gasteiger partial charge >= 0.3 is 6.61 Å². The third-order valence-corrected chi connectivity index (χ3v) is 3.83. The smallest absolute Gasteiger partial charge is 0.387 e. The van der Waals surface area contributed by atoms with Crippen molar-refractivity contribution in [2.45, 2.75) is 46.3 Å². The van der Waals surface area contributed by atoms with Crippen molar-refractivity contribution in [1.29, 1.82) is 0 Å². The zero-order chi connectivity index (χ0) is 19.3. The largest absolute Gasteiger partial charge is 0.481 e. The maximum atomic E-state index is 12.5. The standard InChI is InChI=1S/C20H23F2NO3/c1-12(2)15-10-9-13(3)11-18(15)25-14(4)19(24)23-16-7-5-6-8-17(16)26-20(21)22/h5-12,14,20H,1-4H3,(H,23,24). The summed E-state index contributed by atoms with van der Waals surface area (Å²) in [6.45, 7) is 4.67. The van der Waals surface area contributed by atoms with E-state index in [0.717, 1.165) is 11.1 Å². The van der Waals surface area contributed by atoms with Gasteiger partial charge in [0.25, 0.3) is 5.91 Å². The number of alkyl halides is 2. The highest BCUT2D eigenvalue weighted by Gasteiger charge is 2.19. The number of nitrogens with one attached hydrogen (secondary N) is 1. The summed E-state index contributed by atoms with van der Waals surface area (Å²) in [5.41, 5.74) is 2.19. The van der Waals surface area contributed by atoms with Crippen LogP contribution >= 0.6 is 0 Å². The fourth-order valence-electron chi connectivity index (χ4n) is 2.47. The van der Waals surface area contributed by atoms with E-state index in [1.54, 1.807) is 19.1 Å². The Bertz CT molecular complexity index is 762. The Balaban J connectivity index is 2.13. The van der Waals surface area contributed by atoms with Gasteiger partial charge in [-0.15, -0.1) is 0 Å². The van der Waals surface area contributed by atoms with Gasteiger partial charge in [-0.3, -0.25) is 4.79 Å². The zero-order valence-corrected chi connectivity index (χ0v) is 15.3. The highest BCUT2D eigenvalue weighted by atomic mass is 19.3. The normalized spacial score (nSPS) is 12.2. The van der Waals surface area contributed by atoms with Gasteiger partial charge in [0.15, 0.2) is 6.10 Å². The Kier molecular flexibility index (Phi) is 6.55. The molecule has 1 unspecified atom stereocenters. The molecular formula is C20H23F2NO3. The van der Waals surface area contributed by atoms with Crippen LogP contribution in [-0.4, -0.2) is 18.6 Å². The summed E-state index contributed by atoms with van der Waals surface area (Å²) in [6, 6.07) is 11.9. The van der Waals surface area contributed by atoms with Crippen molar-refractivity contribution in [1.82, 2.24) is 0 Å². The summed E-state index contributed by atoms with van der Waals surface area (Å²) in [6.07, 6.45) is -0.811. The van der Waals surface area contributed by atoms with E-state index in [2.05, 4.69) is 10.1 Å². The number of halogens is 2. The van der Waals surface area contributed by atoms with Gasteiger partial charge in [-0.25, -0.2) is 0 Å². The lowest BCUT2D eigenvalue weighted by atomic mass is 10.0. The zero-order valence-electron chi connectivity index (χ0n) is 15.3. The second kappa shape index (κ2) is 8.65. The number of rotatable bonds is 7. The maximum Gasteiger partial charge on any atom is 0.387 e. The third kappa shape index (κ3) is 5.18. The summed E-state index contributed by atoms with van der Waals surface area (Å²) in [7, 11) is 0. The molecule has 26 heavy (non-hydrogen) atoms. The molecule has 140 valence electrons. The van der Waals surface area contributed by atoms with E-state index in [9.17, 15) is 13.6 Å². The summed E-state index contributed by atoms with van der Waals surface area (Å²) in [5, 5.41) is 2.58. The molecule has 4 nitrogen and oxygen atoms in total. The van der Waals surface area contributed by atoms with Crippen LogP contribution in [0.5, 0.6) is 11.5 Å². The van der Waals surface area contributed by atoms with Gasteiger partial charge in [-0.2, -0.15) is 8.78 Å². The molecule has 0 radical (unpaired) electrons. The van der Waals surface area contributed by atoms with Crippen LogP contribution in [0, 0.1) is 6.92 Å². The second-order valence-corrected chi connectivity index (χ2v) is 6.32. The molecule has 1 N–H and O–H groups in total. The average Bonchev–Trinajstić information content (AvgIpc) is 2.55. The molecule has 0 aliphatic rings. The van der Waals surface area contributed by atoms with Gasteiger partial charge in [0.2, 0.25) is 0 Å². The number of aryl methyl sites for hydroxylation is 1. The van der Waals surface area contributed by atoms with E-state index >= 15 is 0 Å². The van der Waals surface area contributed by atoms with Gasteiger partial charge < -0.3 is 14.8 Å². The number of hydrogen-bond acceptors (Lipinski definition) is 3. The minimum atomic E-state index is -2.97. The molecule has 6 heteroatoms. The van der Waals surface area contributed by atoms with Crippen LogP contribution in [0.25, 0.3) is 0 Å². The van der Waals surface area contributed by atoms with E-state index in [-0.39, 0.29) is 17.4 Å². The van der Waals surface area contributed by atoms with E-state index in [0.29, 0.717) is 5.75 Å². The number of carbonyl (C=O) groups is 1. The van der Waals surface area contributed by atoms with Crippen molar-refractivity contribution in [3.63, 3.8) is 0 Å². The number of para-hydroxylation sites is 2. The van der Waals surface area contributed by atoms with Crippen molar-refractivity contribution >= 4 is 11.6 Å². The molecule has 0 aliphatic heterocycles. The quantitative estimate of drug-likeness (QED) is 0.742. The molecule has 0 bridgehead atoms. The number of anilines is 1.